The predicted molar refractivity (Wildman–Crippen MR) is 77.0 cm³/mol. The summed E-state index contributed by atoms with van der Waals surface area (Å²) in [6.07, 6.45) is -0.123. The van der Waals surface area contributed by atoms with E-state index < -0.39 is 11.7 Å². The van der Waals surface area contributed by atoms with Gasteiger partial charge in [-0.15, -0.1) is 11.3 Å². The Morgan fingerprint density at radius 3 is 2.75 bits per heavy atom. The molecule has 20 heavy (non-hydrogen) atoms. The number of aryl methyl sites for hydroxylation is 1. The minimum absolute atomic E-state index is 0.123. The summed E-state index contributed by atoms with van der Waals surface area (Å²) in [5.41, 5.74) is 1.06. The van der Waals surface area contributed by atoms with Crippen molar-refractivity contribution in [3.8, 4) is 5.75 Å². The minimum Gasteiger partial charge on any atom is -0.488 e. The SMILES string of the molecule is Cc1csc(NC(=O)c2ccc(OC(C)C)c(F)c2)n1. The summed E-state index contributed by atoms with van der Waals surface area (Å²) in [6.45, 7) is 5.46. The minimum atomic E-state index is -0.554. The van der Waals surface area contributed by atoms with E-state index in [-0.39, 0.29) is 17.4 Å². The van der Waals surface area contributed by atoms with Gasteiger partial charge in [0.2, 0.25) is 0 Å². The summed E-state index contributed by atoms with van der Waals surface area (Å²) < 4.78 is 19.1. The molecule has 106 valence electrons. The first-order chi connectivity index (χ1) is 9.45. The van der Waals surface area contributed by atoms with Gasteiger partial charge in [0.25, 0.3) is 5.91 Å². The molecule has 0 fully saturated rings. The normalized spacial score (nSPS) is 10.7. The van der Waals surface area contributed by atoms with Crippen LogP contribution >= 0.6 is 11.3 Å². The molecule has 1 N–H and O–H groups in total. The zero-order chi connectivity index (χ0) is 14.7. The number of benzene rings is 1. The number of carbonyl (C=O) groups is 1. The van der Waals surface area contributed by atoms with E-state index in [9.17, 15) is 9.18 Å². The van der Waals surface area contributed by atoms with Crippen molar-refractivity contribution in [2.45, 2.75) is 26.9 Å². The lowest BCUT2D eigenvalue weighted by atomic mass is 10.2. The fourth-order valence-corrected chi connectivity index (χ4v) is 2.26. The molecule has 0 radical (unpaired) electrons. The van der Waals surface area contributed by atoms with E-state index in [2.05, 4.69) is 10.3 Å². The molecule has 1 aromatic heterocycles. The Balaban J connectivity index is 2.12. The Morgan fingerprint density at radius 1 is 1.45 bits per heavy atom. The van der Waals surface area contributed by atoms with Crippen LogP contribution in [0.5, 0.6) is 5.75 Å². The molecule has 0 atom stereocenters. The van der Waals surface area contributed by atoms with Crippen LogP contribution in [0, 0.1) is 12.7 Å². The number of halogens is 1. The Bertz CT molecular complexity index is 625. The van der Waals surface area contributed by atoms with E-state index in [1.807, 2.05) is 26.2 Å². The van der Waals surface area contributed by atoms with Gasteiger partial charge >= 0.3 is 0 Å². The summed E-state index contributed by atoms with van der Waals surface area (Å²) >= 11 is 1.33. The van der Waals surface area contributed by atoms with Crippen molar-refractivity contribution in [2.24, 2.45) is 0 Å². The molecule has 4 nitrogen and oxygen atoms in total. The van der Waals surface area contributed by atoms with E-state index in [0.29, 0.717) is 5.13 Å². The molecular formula is C14H15FN2O2S. The maximum Gasteiger partial charge on any atom is 0.257 e. The largest absolute Gasteiger partial charge is 0.488 e. The molecule has 0 saturated carbocycles. The molecule has 0 aliphatic rings. The van der Waals surface area contributed by atoms with Crippen molar-refractivity contribution in [1.82, 2.24) is 4.98 Å². The second-order valence-electron chi connectivity index (χ2n) is 4.56. The third-order valence-corrected chi connectivity index (χ3v) is 3.27. The first-order valence-corrected chi connectivity index (χ1v) is 7.03. The van der Waals surface area contributed by atoms with Crippen LogP contribution in [0.25, 0.3) is 0 Å². The van der Waals surface area contributed by atoms with Gasteiger partial charge in [0.05, 0.1) is 11.8 Å². The maximum absolute atomic E-state index is 13.8. The Labute approximate surface area is 120 Å². The van der Waals surface area contributed by atoms with E-state index in [1.54, 1.807) is 0 Å². The topological polar surface area (TPSA) is 51.2 Å². The summed E-state index contributed by atoms with van der Waals surface area (Å²) in [4.78, 5) is 16.1. The van der Waals surface area contributed by atoms with Crippen LogP contribution in [0.15, 0.2) is 23.6 Å². The molecule has 6 heteroatoms. The monoisotopic (exact) mass is 294 g/mol. The van der Waals surface area contributed by atoms with Crippen molar-refractivity contribution < 1.29 is 13.9 Å². The number of hydrogen-bond donors (Lipinski definition) is 1. The van der Waals surface area contributed by atoms with Gasteiger partial charge in [0.1, 0.15) is 0 Å². The highest BCUT2D eigenvalue weighted by Gasteiger charge is 2.12. The van der Waals surface area contributed by atoms with Crippen LogP contribution in [-0.2, 0) is 0 Å². The Kier molecular flexibility index (Phi) is 4.34. The number of rotatable bonds is 4. The van der Waals surface area contributed by atoms with Crippen molar-refractivity contribution in [3.63, 3.8) is 0 Å². The zero-order valence-corrected chi connectivity index (χ0v) is 12.3. The Morgan fingerprint density at radius 2 is 2.20 bits per heavy atom. The average molecular weight is 294 g/mol. The van der Waals surface area contributed by atoms with Gasteiger partial charge in [-0.2, -0.15) is 0 Å². The molecule has 1 heterocycles. The summed E-state index contributed by atoms with van der Waals surface area (Å²) in [6, 6.07) is 4.14. The highest BCUT2D eigenvalue weighted by atomic mass is 32.1. The van der Waals surface area contributed by atoms with Crippen LogP contribution in [-0.4, -0.2) is 17.0 Å². The van der Waals surface area contributed by atoms with Crippen molar-refractivity contribution in [1.29, 1.82) is 0 Å². The van der Waals surface area contributed by atoms with Crippen LogP contribution in [0.2, 0.25) is 0 Å². The predicted octanol–water partition coefficient (Wildman–Crippen LogP) is 3.63. The number of carbonyl (C=O) groups excluding carboxylic acids is 1. The highest BCUT2D eigenvalue weighted by molar-refractivity contribution is 7.13. The van der Waals surface area contributed by atoms with Gasteiger partial charge in [0.15, 0.2) is 16.7 Å². The van der Waals surface area contributed by atoms with Crippen LogP contribution in [0.1, 0.15) is 29.9 Å². The average Bonchev–Trinajstić information content (AvgIpc) is 2.76. The zero-order valence-electron chi connectivity index (χ0n) is 11.4. The molecule has 1 amide bonds. The lowest BCUT2D eigenvalue weighted by Crippen LogP contribution is -2.13. The number of aromatic nitrogens is 1. The third kappa shape index (κ3) is 3.54. The van der Waals surface area contributed by atoms with Gasteiger partial charge in [-0.3, -0.25) is 10.1 Å². The second kappa shape index (κ2) is 6.00. The van der Waals surface area contributed by atoms with Crippen molar-refractivity contribution in [2.75, 3.05) is 5.32 Å². The van der Waals surface area contributed by atoms with Gasteiger partial charge in [0, 0.05) is 10.9 Å². The quantitative estimate of drug-likeness (QED) is 0.936. The summed E-state index contributed by atoms with van der Waals surface area (Å²) in [5.74, 6) is -0.808. The van der Waals surface area contributed by atoms with E-state index >= 15 is 0 Å². The fourth-order valence-electron chi connectivity index (χ4n) is 1.57. The summed E-state index contributed by atoms with van der Waals surface area (Å²) in [7, 11) is 0. The Hall–Kier alpha value is -1.95. The molecule has 1 aromatic carbocycles. The summed E-state index contributed by atoms with van der Waals surface area (Å²) in [5, 5.41) is 4.95. The standard InChI is InChI=1S/C14H15FN2O2S/c1-8(2)19-12-5-4-10(6-11(12)15)13(18)17-14-16-9(3)7-20-14/h4-8H,1-3H3,(H,16,17,18). The van der Waals surface area contributed by atoms with E-state index in [4.69, 9.17) is 4.74 Å². The van der Waals surface area contributed by atoms with E-state index in [0.717, 1.165) is 11.8 Å². The number of thiazole rings is 1. The molecule has 0 unspecified atom stereocenters. The molecule has 0 spiro atoms. The van der Waals surface area contributed by atoms with Crippen LogP contribution in [0.4, 0.5) is 9.52 Å². The first-order valence-electron chi connectivity index (χ1n) is 6.15. The smallest absolute Gasteiger partial charge is 0.257 e. The van der Waals surface area contributed by atoms with Crippen LogP contribution < -0.4 is 10.1 Å². The van der Waals surface area contributed by atoms with Gasteiger partial charge < -0.3 is 4.74 Å². The number of nitrogens with one attached hydrogen (secondary N) is 1. The third-order valence-electron chi connectivity index (χ3n) is 2.40. The maximum atomic E-state index is 13.8. The lowest BCUT2D eigenvalue weighted by molar-refractivity contribution is 0.102. The first kappa shape index (κ1) is 14.5. The van der Waals surface area contributed by atoms with Gasteiger partial charge in [-0.25, -0.2) is 9.37 Å². The molecule has 2 rings (SSSR count). The second-order valence-corrected chi connectivity index (χ2v) is 5.42. The number of amides is 1. The van der Waals surface area contributed by atoms with Crippen molar-refractivity contribution >= 4 is 22.4 Å². The molecule has 2 aromatic rings. The highest BCUT2D eigenvalue weighted by Crippen LogP contribution is 2.21. The molecule has 0 aliphatic carbocycles. The molecular weight excluding hydrogens is 279 g/mol. The van der Waals surface area contributed by atoms with E-state index in [1.165, 1.54) is 23.5 Å². The number of anilines is 1. The van der Waals surface area contributed by atoms with Crippen LogP contribution in [0.3, 0.4) is 0 Å². The van der Waals surface area contributed by atoms with Gasteiger partial charge in [-0.05, 0) is 39.0 Å². The molecule has 0 bridgehead atoms. The van der Waals surface area contributed by atoms with Crippen molar-refractivity contribution in [3.05, 3.63) is 40.7 Å². The number of nitrogens with zero attached hydrogens (tertiary/aromatic N) is 1. The molecule has 0 saturated heterocycles. The number of ether oxygens (including phenoxy) is 1. The number of hydrogen-bond acceptors (Lipinski definition) is 4. The molecule has 0 aliphatic heterocycles. The van der Waals surface area contributed by atoms with Gasteiger partial charge in [-0.1, -0.05) is 0 Å². The fraction of sp³-hybridized carbons (Fsp3) is 0.286. The lowest BCUT2D eigenvalue weighted by Gasteiger charge is -2.11.